The van der Waals surface area contributed by atoms with Crippen molar-refractivity contribution < 1.29 is 4.39 Å². The van der Waals surface area contributed by atoms with Crippen LogP contribution in [0.5, 0.6) is 0 Å². The van der Waals surface area contributed by atoms with Gasteiger partial charge in [-0.2, -0.15) is 0 Å². The molecule has 1 aromatic rings. The van der Waals surface area contributed by atoms with Crippen LogP contribution in [0.1, 0.15) is 31.4 Å². The van der Waals surface area contributed by atoms with Crippen molar-refractivity contribution in [3.63, 3.8) is 0 Å². The average Bonchev–Trinajstić information content (AvgIpc) is 2.46. The minimum absolute atomic E-state index is 0.104. The SMILES string of the molecule is CNC(C)c1ccc(N2CCC(N(C)C)CC2)c(F)c1. The van der Waals surface area contributed by atoms with Gasteiger partial charge in [0.1, 0.15) is 5.82 Å². The van der Waals surface area contributed by atoms with Crippen molar-refractivity contribution in [1.29, 1.82) is 0 Å². The van der Waals surface area contributed by atoms with Crippen LogP contribution in [0.4, 0.5) is 10.1 Å². The fourth-order valence-electron chi connectivity index (χ4n) is 2.84. The number of rotatable bonds is 4. The largest absolute Gasteiger partial charge is 0.369 e. The van der Waals surface area contributed by atoms with Crippen LogP contribution >= 0.6 is 0 Å². The summed E-state index contributed by atoms with van der Waals surface area (Å²) in [4.78, 5) is 4.44. The third-order valence-corrected chi connectivity index (χ3v) is 4.44. The van der Waals surface area contributed by atoms with Gasteiger partial charge in [-0.15, -0.1) is 0 Å². The Morgan fingerprint density at radius 1 is 1.30 bits per heavy atom. The summed E-state index contributed by atoms with van der Waals surface area (Å²) in [6.07, 6.45) is 2.20. The molecule has 112 valence electrons. The molecule has 1 fully saturated rings. The highest BCUT2D eigenvalue weighted by Crippen LogP contribution is 2.26. The Labute approximate surface area is 121 Å². The van der Waals surface area contributed by atoms with E-state index in [4.69, 9.17) is 0 Å². The van der Waals surface area contributed by atoms with E-state index < -0.39 is 0 Å². The van der Waals surface area contributed by atoms with Crippen molar-refractivity contribution >= 4 is 5.69 Å². The maximum absolute atomic E-state index is 14.3. The number of nitrogens with zero attached hydrogens (tertiary/aromatic N) is 2. The molecule has 2 rings (SSSR count). The lowest BCUT2D eigenvalue weighted by Crippen LogP contribution is -2.42. The van der Waals surface area contributed by atoms with E-state index in [1.165, 1.54) is 0 Å². The van der Waals surface area contributed by atoms with Gasteiger partial charge in [-0.3, -0.25) is 0 Å². The van der Waals surface area contributed by atoms with E-state index >= 15 is 0 Å². The Morgan fingerprint density at radius 2 is 1.95 bits per heavy atom. The topological polar surface area (TPSA) is 18.5 Å². The van der Waals surface area contributed by atoms with Gasteiger partial charge in [0.15, 0.2) is 0 Å². The van der Waals surface area contributed by atoms with Crippen LogP contribution in [-0.2, 0) is 0 Å². The van der Waals surface area contributed by atoms with Crippen LogP contribution in [0, 0.1) is 5.82 Å². The summed E-state index contributed by atoms with van der Waals surface area (Å²) in [7, 11) is 6.13. The van der Waals surface area contributed by atoms with Crippen molar-refractivity contribution in [2.45, 2.75) is 31.8 Å². The van der Waals surface area contributed by atoms with Gasteiger partial charge in [-0.05, 0) is 58.6 Å². The lowest BCUT2D eigenvalue weighted by Gasteiger charge is -2.36. The molecule has 3 nitrogen and oxygen atoms in total. The molecule has 0 amide bonds. The number of hydrogen-bond donors (Lipinski definition) is 1. The number of benzene rings is 1. The second-order valence-electron chi connectivity index (χ2n) is 5.90. The van der Waals surface area contributed by atoms with Gasteiger partial charge in [-0.1, -0.05) is 6.07 Å². The monoisotopic (exact) mass is 279 g/mol. The van der Waals surface area contributed by atoms with Crippen LogP contribution < -0.4 is 10.2 Å². The first-order valence-corrected chi connectivity index (χ1v) is 7.41. The molecule has 1 saturated heterocycles. The minimum atomic E-state index is -0.104. The fraction of sp³-hybridized carbons (Fsp3) is 0.625. The minimum Gasteiger partial charge on any atom is -0.369 e. The smallest absolute Gasteiger partial charge is 0.146 e. The average molecular weight is 279 g/mol. The number of piperidine rings is 1. The summed E-state index contributed by atoms with van der Waals surface area (Å²) in [5.74, 6) is -0.104. The van der Waals surface area contributed by atoms with Crippen LogP contribution in [0.3, 0.4) is 0 Å². The van der Waals surface area contributed by atoms with Gasteiger partial charge in [-0.25, -0.2) is 4.39 Å². The van der Waals surface area contributed by atoms with Crippen LogP contribution in [-0.4, -0.2) is 45.2 Å². The quantitative estimate of drug-likeness (QED) is 0.914. The van der Waals surface area contributed by atoms with Gasteiger partial charge < -0.3 is 15.1 Å². The van der Waals surface area contributed by atoms with Gasteiger partial charge in [0.2, 0.25) is 0 Å². The van der Waals surface area contributed by atoms with E-state index in [0.29, 0.717) is 6.04 Å². The van der Waals surface area contributed by atoms with Gasteiger partial charge in [0, 0.05) is 25.2 Å². The first kappa shape index (κ1) is 15.3. The van der Waals surface area contributed by atoms with Crippen molar-refractivity contribution in [3.8, 4) is 0 Å². The van der Waals surface area contributed by atoms with Crippen LogP contribution in [0.25, 0.3) is 0 Å². The summed E-state index contributed by atoms with van der Waals surface area (Å²) in [5, 5.41) is 3.14. The number of nitrogens with one attached hydrogen (secondary N) is 1. The molecule has 1 heterocycles. The molecule has 0 saturated carbocycles. The molecular formula is C16H26FN3. The first-order chi connectivity index (χ1) is 9.52. The van der Waals surface area contributed by atoms with E-state index in [0.717, 1.165) is 37.2 Å². The zero-order chi connectivity index (χ0) is 14.7. The zero-order valence-electron chi connectivity index (χ0n) is 13.0. The molecule has 20 heavy (non-hydrogen) atoms. The van der Waals surface area contributed by atoms with Gasteiger partial charge >= 0.3 is 0 Å². The fourth-order valence-corrected chi connectivity index (χ4v) is 2.84. The van der Waals surface area contributed by atoms with Gasteiger partial charge in [0.05, 0.1) is 5.69 Å². The van der Waals surface area contributed by atoms with Crippen LogP contribution in [0.2, 0.25) is 0 Å². The van der Waals surface area contributed by atoms with E-state index in [2.05, 4.69) is 29.2 Å². The predicted octanol–water partition coefficient (Wildman–Crippen LogP) is 2.64. The molecule has 1 atom stereocenters. The van der Waals surface area contributed by atoms with Crippen molar-refractivity contribution in [2.75, 3.05) is 39.1 Å². The number of hydrogen-bond acceptors (Lipinski definition) is 3. The summed E-state index contributed by atoms with van der Waals surface area (Å²) < 4.78 is 14.3. The number of anilines is 1. The Morgan fingerprint density at radius 3 is 2.45 bits per heavy atom. The summed E-state index contributed by atoms with van der Waals surface area (Å²) in [6, 6.07) is 6.41. The van der Waals surface area contributed by atoms with Crippen molar-refractivity contribution in [3.05, 3.63) is 29.6 Å². The summed E-state index contributed by atoms with van der Waals surface area (Å²) in [6.45, 7) is 3.90. The van der Waals surface area contributed by atoms with Crippen molar-refractivity contribution in [2.24, 2.45) is 0 Å². The number of halogens is 1. The third-order valence-electron chi connectivity index (χ3n) is 4.44. The van der Waals surface area contributed by atoms with Crippen LogP contribution in [0.15, 0.2) is 18.2 Å². The van der Waals surface area contributed by atoms with Gasteiger partial charge in [0.25, 0.3) is 0 Å². The molecule has 0 aromatic heterocycles. The van der Waals surface area contributed by atoms with E-state index in [-0.39, 0.29) is 11.9 Å². The maximum atomic E-state index is 14.3. The first-order valence-electron chi connectivity index (χ1n) is 7.41. The summed E-state index contributed by atoms with van der Waals surface area (Å²) >= 11 is 0. The zero-order valence-corrected chi connectivity index (χ0v) is 13.0. The Hall–Kier alpha value is -1.13. The predicted molar refractivity (Wildman–Crippen MR) is 82.8 cm³/mol. The second kappa shape index (κ2) is 6.55. The molecule has 1 aliphatic heterocycles. The normalized spacial score (nSPS) is 18.6. The third kappa shape index (κ3) is 3.30. The standard InChI is InChI=1S/C16H26FN3/c1-12(18-2)13-5-6-16(15(17)11-13)20-9-7-14(8-10-20)19(3)4/h5-6,11-12,14,18H,7-10H2,1-4H3. The van der Waals surface area contributed by atoms with E-state index in [1.807, 2.05) is 26.1 Å². The highest BCUT2D eigenvalue weighted by atomic mass is 19.1. The molecule has 4 heteroatoms. The second-order valence-corrected chi connectivity index (χ2v) is 5.90. The molecule has 1 unspecified atom stereocenters. The lowest BCUT2D eigenvalue weighted by molar-refractivity contribution is 0.249. The lowest BCUT2D eigenvalue weighted by atomic mass is 10.0. The molecule has 0 radical (unpaired) electrons. The molecule has 0 aliphatic carbocycles. The summed E-state index contributed by atoms with van der Waals surface area (Å²) in [5.41, 5.74) is 1.74. The molecular weight excluding hydrogens is 253 g/mol. The highest BCUT2D eigenvalue weighted by Gasteiger charge is 2.22. The molecule has 1 aromatic carbocycles. The van der Waals surface area contributed by atoms with Crippen molar-refractivity contribution in [1.82, 2.24) is 10.2 Å². The molecule has 1 aliphatic rings. The Kier molecular flexibility index (Phi) is 5.00. The Balaban J connectivity index is 2.07. The maximum Gasteiger partial charge on any atom is 0.146 e. The highest BCUT2D eigenvalue weighted by molar-refractivity contribution is 5.50. The molecule has 1 N–H and O–H groups in total. The molecule has 0 spiro atoms. The van der Waals surface area contributed by atoms with E-state index in [1.54, 1.807) is 6.07 Å². The molecule has 0 bridgehead atoms. The Bertz CT molecular complexity index is 439. The van der Waals surface area contributed by atoms with E-state index in [9.17, 15) is 4.39 Å².